The lowest BCUT2D eigenvalue weighted by molar-refractivity contribution is -0.135. The monoisotopic (exact) mass is 552 g/mol. The number of fused-ring (bicyclic) bond motifs is 1. The Morgan fingerprint density at radius 1 is 0.825 bits per heavy atom. The third-order valence-corrected chi connectivity index (χ3v) is 9.69. The highest BCUT2D eigenvalue weighted by molar-refractivity contribution is 6.00. The summed E-state index contributed by atoms with van der Waals surface area (Å²) in [5, 5.41) is 2.37. The fraction of sp³-hybridized carbons (Fsp3) is 0.700. The van der Waals surface area contributed by atoms with Crippen LogP contribution < -0.4 is 15.9 Å². The van der Waals surface area contributed by atoms with Crippen LogP contribution in [0, 0.1) is 5.92 Å². The van der Waals surface area contributed by atoms with E-state index in [4.69, 9.17) is 4.74 Å². The van der Waals surface area contributed by atoms with Crippen molar-refractivity contribution >= 4 is 28.5 Å². The summed E-state index contributed by atoms with van der Waals surface area (Å²) in [6.45, 7) is 7.91. The minimum absolute atomic E-state index is 0.230. The van der Waals surface area contributed by atoms with Crippen LogP contribution in [0.15, 0.2) is 23.0 Å². The Morgan fingerprint density at radius 2 is 1.52 bits per heavy atom. The first-order valence-corrected chi connectivity index (χ1v) is 15.2. The lowest BCUT2D eigenvalue weighted by Gasteiger charge is -2.39. The number of anilines is 1. The molecule has 1 saturated carbocycles. The Kier molecular flexibility index (Phi) is 8.01. The van der Waals surface area contributed by atoms with E-state index in [2.05, 4.69) is 33.1 Å². The van der Waals surface area contributed by atoms with Gasteiger partial charge in [0.1, 0.15) is 6.04 Å². The highest BCUT2D eigenvalue weighted by Gasteiger charge is 2.32. The van der Waals surface area contributed by atoms with Crippen molar-refractivity contribution in [2.45, 2.75) is 69.6 Å². The van der Waals surface area contributed by atoms with Crippen molar-refractivity contribution in [1.82, 2.24) is 24.3 Å². The second-order valence-corrected chi connectivity index (χ2v) is 12.4. The zero-order chi connectivity index (χ0) is 27.8. The van der Waals surface area contributed by atoms with Crippen LogP contribution in [-0.2, 0) is 21.4 Å². The molecular weight excluding hydrogens is 508 g/mol. The number of ether oxygens (including phenoxy) is 1. The standard InChI is InChI=1S/C30H44N6O4/c1-32-15-17-34(18-16-32)20-21-3-6-23(7-4-21)40-24-11-13-35(14-12-24)22-5-8-25-27(19-22)33(2)30(39)36(25)26-9-10-28(37)31-29(26)38/h5,8,19,21,23-24,26H,3-4,6-7,9-18,20H2,1-2H3,(H,31,37,38). The Balaban J connectivity index is 1.02. The zero-order valence-electron chi connectivity index (χ0n) is 24.0. The van der Waals surface area contributed by atoms with Gasteiger partial charge in [0.05, 0.1) is 23.2 Å². The van der Waals surface area contributed by atoms with Gasteiger partial charge in [-0.15, -0.1) is 0 Å². The molecule has 1 aromatic carbocycles. The number of likely N-dealkylation sites (N-methyl/N-ethyl adjacent to an activating group) is 1. The predicted octanol–water partition coefficient (Wildman–Crippen LogP) is 2.11. The lowest BCUT2D eigenvalue weighted by Crippen LogP contribution is -2.46. The van der Waals surface area contributed by atoms with E-state index >= 15 is 0 Å². The summed E-state index contributed by atoms with van der Waals surface area (Å²) in [6.07, 6.45) is 8.27. The maximum absolute atomic E-state index is 13.1. The second kappa shape index (κ2) is 11.7. The van der Waals surface area contributed by atoms with Gasteiger partial charge in [0.15, 0.2) is 0 Å². The number of imide groups is 1. The summed E-state index contributed by atoms with van der Waals surface area (Å²) < 4.78 is 9.76. The maximum Gasteiger partial charge on any atom is 0.329 e. The third-order valence-electron chi connectivity index (χ3n) is 9.69. The van der Waals surface area contributed by atoms with Gasteiger partial charge in [0.25, 0.3) is 0 Å². The molecule has 3 saturated heterocycles. The lowest BCUT2D eigenvalue weighted by atomic mass is 9.86. The molecule has 1 atom stereocenters. The average molecular weight is 553 g/mol. The molecule has 10 nitrogen and oxygen atoms in total. The molecule has 2 aromatic rings. The van der Waals surface area contributed by atoms with Crippen LogP contribution in [0.2, 0.25) is 0 Å². The highest BCUT2D eigenvalue weighted by Crippen LogP contribution is 2.31. The van der Waals surface area contributed by atoms with Crippen LogP contribution in [0.3, 0.4) is 0 Å². The predicted molar refractivity (Wildman–Crippen MR) is 155 cm³/mol. The SMILES string of the molecule is CN1CCN(CC2CCC(OC3CCN(c4ccc5c(c4)n(C)c(=O)n5C4CCC(=O)NC4=O)CC3)CC2)CC1. The maximum atomic E-state index is 13.1. The van der Waals surface area contributed by atoms with E-state index in [1.165, 1.54) is 58.4 Å². The van der Waals surface area contributed by atoms with Gasteiger partial charge in [-0.25, -0.2) is 4.79 Å². The molecule has 4 fully saturated rings. The van der Waals surface area contributed by atoms with Crippen molar-refractivity contribution in [1.29, 1.82) is 0 Å². The minimum Gasteiger partial charge on any atom is -0.375 e. The topological polar surface area (TPSA) is 92.1 Å². The number of carbonyl (C=O) groups excluding carboxylic acids is 2. The van der Waals surface area contributed by atoms with Crippen molar-refractivity contribution in [3.05, 3.63) is 28.7 Å². The molecule has 1 aromatic heterocycles. The van der Waals surface area contributed by atoms with Gasteiger partial charge in [-0.3, -0.25) is 24.0 Å². The van der Waals surface area contributed by atoms with E-state index in [0.717, 1.165) is 48.6 Å². The molecule has 3 aliphatic heterocycles. The molecule has 4 aliphatic rings. The number of nitrogens with zero attached hydrogens (tertiary/aromatic N) is 5. The molecule has 1 unspecified atom stereocenters. The molecule has 0 spiro atoms. The molecule has 1 aliphatic carbocycles. The number of amides is 2. The van der Waals surface area contributed by atoms with Crippen LogP contribution in [-0.4, -0.2) is 95.8 Å². The smallest absolute Gasteiger partial charge is 0.329 e. The number of aryl methyl sites for hydroxylation is 1. The summed E-state index contributed by atoms with van der Waals surface area (Å²) in [6, 6.07) is 5.39. The summed E-state index contributed by atoms with van der Waals surface area (Å²) >= 11 is 0. The van der Waals surface area contributed by atoms with Crippen LogP contribution in [0.5, 0.6) is 0 Å². The zero-order valence-corrected chi connectivity index (χ0v) is 24.0. The Labute approximate surface area is 236 Å². The fourth-order valence-electron chi connectivity index (χ4n) is 7.15. The number of rotatable bonds is 6. The number of hydrogen-bond acceptors (Lipinski definition) is 7. The Morgan fingerprint density at radius 3 is 2.23 bits per heavy atom. The summed E-state index contributed by atoms with van der Waals surface area (Å²) in [5.74, 6) is 0.138. The minimum atomic E-state index is -0.658. The first kappa shape index (κ1) is 27.5. The van der Waals surface area contributed by atoms with E-state index in [-0.39, 0.29) is 18.0 Å². The van der Waals surface area contributed by atoms with Crippen LogP contribution in [0.25, 0.3) is 11.0 Å². The van der Waals surface area contributed by atoms with Gasteiger partial charge in [-0.1, -0.05) is 0 Å². The van der Waals surface area contributed by atoms with E-state index in [1.54, 1.807) is 16.2 Å². The molecule has 1 N–H and O–H groups in total. The van der Waals surface area contributed by atoms with Crippen LogP contribution in [0.1, 0.15) is 57.4 Å². The van der Waals surface area contributed by atoms with Gasteiger partial charge in [-0.05, 0) is 76.1 Å². The average Bonchev–Trinajstić information content (AvgIpc) is 3.20. The van der Waals surface area contributed by atoms with Gasteiger partial charge < -0.3 is 19.4 Å². The summed E-state index contributed by atoms with van der Waals surface area (Å²) in [4.78, 5) is 44.6. The number of piperidine rings is 2. The van der Waals surface area contributed by atoms with Crippen molar-refractivity contribution in [2.75, 3.05) is 57.8 Å². The van der Waals surface area contributed by atoms with Crippen LogP contribution >= 0.6 is 0 Å². The van der Waals surface area contributed by atoms with Crippen molar-refractivity contribution in [3.8, 4) is 0 Å². The van der Waals surface area contributed by atoms with Crippen molar-refractivity contribution in [3.63, 3.8) is 0 Å². The van der Waals surface area contributed by atoms with Crippen molar-refractivity contribution in [2.24, 2.45) is 13.0 Å². The number of carbonyl (C=O) groups is 2. The number of hydrogen-bond donors (Lipinski definition) is 1. The molecule has 0 bridgehead atoms. The Hall–Kier alpha value is -2.69. The van der Waals surface area contributed by atoms with Gasteiger partial charge >= 0.3 is 5.69 Å². The molecule has 2 amide bonds. The number of nitrogens with one attached hydrogen (secondary N) is 1. The highest BCUT2D eigenvalue weighted by atomic mass is 16.5. The van der Waals surface area contributed by atoms with E-state index < -0.39 is 11.9 Å². The first-order chi connectivity index (χ1) is 19.4. The van der Waals surface area contributed by atoms with Gasteiger partial charge in [0.2, 0.25) is 11.8 Å². The molecule has 6 rings (SSSR count). The fourth-order valence-corrected chi connectivity index (χ4v) is 7.15. The number of piperazine rings is 1. The molecule has 10 heteroatoms. The summed E-state index contributed by atoms with van der Waals surface area (Å²) in [5.41, 5.74) is 2.39. The Bertz CT molecular complexity index is 1280. The first-order valence-electron chi connectivity index (χ1n) is 15.2. The number of benzene rings is 1. The quantitative estimate of drug-likeness (QED) is 0.549. The van der Waals surface area contributed by atoms with E-state index in [1.807, 2.05) is 12.1 Å². The molecular formula is C30H44N6O4. The molecule has 4 heterocycles. The second-order valence-electron chi connectivity index (χ2n) is 12.4. The van der Waals surface area contributed by atoms with E-state index in [9.17, 15) is 14.4 Å². The number of imidazole rings is 1. The van der Waals surface area contributed by atoms with Gasteiger partial charge in [0, 0.05) is 65.0 Å². The van der Waals surface area contributed by atoms with Crippen molar-refractivity contribution < 1.29 is 14.3 Å². The normalized spacial score (nSPS) is 27.9. The number of aromatic nitrogens is 2. The molecule has 40 heavy (non-hydrogen) atoms. The molecule has 0 radical (unpaired) electrons. The molecule has 218 valence electrons. The third kappa shape index (κ3) is 5.71. The summed E-state index contributed by atoms with van der Waals surface area (Å²) in [7, 11) is 3.96. The van der Waals surface area contributed by atoms with Crippen LogP contribution in [0.4, 0.5) is 5.69 Å². The van der Waals surface area contributed by atoms with Gasteiger partial charge in [-0.2, -0.15) is 0 Å². The van der Waals surface area contributed by atoms with E-state index in [0.29, 0.717) is 18.6 Å². The largest absolute Gasteiger partial charge is 0.375 e.